The van der Waals surface area contributed by atoms with Crippen molar-refractivity contribution >= 4 is 27.3 Å². The monoisotopic (exact) mass is 248 g/mol. The summed E-state index contributed by atoms with van der Waals surface area (Å²) < 4.78 is 0.608. The molecule has 0 spiro atoms. The molecule has 70 valence electrons. The van der Waals surface area contributed by atoms with Crippen LogP contribution in [0.2, 0.25) is 0 Å². The Balaban J connectivity index is 2.47. The predicted octanol–water partition coefficient (Wildman–Crippen LogP) is 1.45. The molecule has 1 N–H and O–H groups in total. The van der Waals surface area contributed by atoms with E-state index in [0.717, 1.165) is 11.1 Å². The molecule has 0 saturated heterocycles. The van der Waals surface area contributed by atoms with Gasteiger partial charge in [-0.1, -0.05) is 0 Å². The number of carboxylic acid groups (broad SMARTS) is 1. The molecular weight excluding hydrogens is 239 g/mol. The molecule has 2 nitrogen and oxygen atoms in total. The van der Waals surface area contributed by atoms with Crippen LogP contribution in [0.25, 0.3) is 5.57 Å². The van der Waals surface area contributed by atoms with Gasteiger partial charge < -0.3 is 0 Å². The Bertz CT molecular complexity index is 418. The van der Waals surface area contributed by atoms with E-state index in [4.69, 9.17) is 5.11 Å². The third-order valence-corrected chi connectivity index (χ3v) is 4.36. The van der Waals surface area contributed by atoms with E-state index in [1.165, 1.54) is 0 Å². The van der Waals surface area contributed by atoms with E-state index in [2.05, 4.69) is 0 Å². The van der Waals surface area contributed by atoms with E-state index < -0.39 is 21.7 Å². The van der Waals surface area contributed by atoms with Crippen molar-refractivity contribution in [2.24, 2.45) is 0 Å². The third kappa shape index (κ3) is 1.66. The van der Waals surface area contributed by atoms with Crippen molar-refractivity contribution in [2.75, 3.05) is 0 Å². The molecule has 3 heteroatoms. The number of carboxylic acids is 1. The van der Waals surface area contributed by atoms with Crippen molar-refractivity contribution in [3.8, 4) is 0 Å². The van der Waals surface area contributed by atoms with Gasteiger partial charge in [-0.15, -0.1) is 0 Å². The van der Waals surface area contributed by atoms with Crippen molar-refractivity contribution in [1.82, 2.24) is 0 Å². The van der Waals surface area contributed by atoms with Gasteiger partial charge in [-0.25, -0.2) is 0 Å². The molecule has 0 fully saturated rings. The first kappa shape index (κ1) is 9.29. The van der Waals surface area contributed by atoms with Gasteiger partial charge in [-0.05, 0) is 0 Å². The second-order valence-electron chi connectivity index (χ2n) is 2.94. The number of allylic oxidation sites excluding steroid dienone is 2. The summed E-state index contributed by atoms with van der Waals surface area (Å²) in [6, 6.07) is 9.67. The van der Waals surface area contributed by atoms with Gasteiger partial charge >= 0.3 is 88.4 Å². The number of rotatable bonds is 2. The third-order valence-electron chi connectivity index (χ3n) is 2.05. The molecule has 1 aliphatic rings. The van der Waals surface area contributed by atoms with Crippen molar-refractivity contribution in [2.45, 2.75) is 0 Å². The summed E-state index contributed by atoms with van der Waals surface area (Å²) in [7, 11) is 0. The van der Waals surface area contributed by atoms with Crippen LogP contribution in [0.15, 0.2) is 45.6 Å². The summed E-state index contributed by atoms with van der Waals surface area (Å²) in [6.45, 7) is 0. The standard InChI is InChI=1S/C11H9AsO2/c13-11(14)10-9(6-7-12-10)8-4-2-1-3-5-8/h1-7,12H,(H,13,14). The first-order chi connectivity index (χ1) is 6.79. The molecule has 1 unspecified atom stereocenters. The number of aliphatic carboxylic acids is 1. The maximum absolute atomic E-state index is 10.9. The summed E-state index contributed by atoms with van der Waals surface area (Å²) in [6.07, 6.45) is 1.93. The Morgan fingerprint density at radius 2 is 1.93 bits per heavy atom. The fourth-order valence-electron chi connectivity index (χ4n) is 1.40. The Kier molecular flexibility index (Phi) is 2.55. The van der Waals surface area contributed by atoms with Crippen molar-refractivity contribution < 1.29 is 9.90 Å². The van der Waals surface area contributed by atoms with Crippen molar-refractivity contribution in [3.05, 3.63) is 51.2 Å². The van der Waals surface area contributed by atoms with Gasteiger partial charge in [-0.2, -0.15) is 0 Å². The van der Waals surface area contributed by atoms with Crippen LogP contribution in [0.5, 0.6) is 0 Å². The molecule has 0 saturated carbocycles. The quantitative estimate of drug-likeness (QED) is 0.804. The topological polar surface area (TPSA) is 37.3 Å². The molecule has 0 aliphatic carbocycles. The van der Waals surface area contributed by atoms with Gasteiger partial charge in [0.25, 0.3) is 0 Å². The van der Waals surface area contributed by atoms with Crippen LogP contribution in [-0.4, -0.2) is 26.8 Å². The van der Waals surface area contributed by atoms with E-state index >= 15 is 0 Å². The molecule has 1 aromatic carbocycles. The summed E-state index contributed by atoms with van der Waals surface area (Å²) in [5.41, 5.74) is 1.89. The maximum atomic E-state index is 10.9. The second-order valence-corrected chi connectivity index (χ2v) is 5.29. The van der Waals surface area contributed by atoms with E-state index in [-0.39, 0.29) is 0 Å². The zero-order valence-electron chi connectivity index (χ0n) is 7.40. The van der Waals surface area contributed by atoms with Crippen LogP contribution in [0.4, 0.5) is 0 Å². The average Bonchev–Trinajstić information content (AvgIpc) is 2.67. The first-order valence-electron chi connectivity index (χ1n) is 4.25. The molecule has 0 amide bonds. The van der Waals surface area contributed by atoms with E-state index in [0.29, 0.717) is 4.36 Å². The summed E-state index contributed by atoms with van der Waals surface area (Å²) in [4.78, 5) is 12.9. The Labute approximate surface area is 88.6 Å². The zero-order valence-corrected chi connectivity index (χ0v) is 9.49. The molecule has 1 atom stereocenters. The molecular formula is C11H9AsO2. The zero-order chi connectivity index (χ0) is 9.97. The SMILES string of the molecule is O=C(O)C1=C(c2ccccc2)C=C[AsH]1. The Morgan fingerprint density at radius 1 is 1.21 bits per heavy atom. The van der Waals surface area contributed by atoms with Crippen LogP contribution < -0.4 is 0 Å². The fraction of sp³-hybridized carbons (Fsp3) is 0. The molecule has 0 radical (unpaired) electrons. The van der Waals surface area contributed by atoms with E-state index in [1.807, 2.05) is 41.3 Å². The molecule has 2 rings (SSSR count). The Hall–Kier alpha value is -1.27. The molecule has 14 heavy (non-hydrogen) atoms. The van der Waals surface area contributed by atoms with Crippen molar-refractivity contribution in [3.63, 3.8) is 0 Å². The second kappa shape index (κ2) is 3.85. The predicted molar refractivity (Wildman–Crippen MR) is 57.3 cm³/mol. The van der Waals surface area contributed by atoms with Gasteiger partial charge in [0, 0.05) is 0 Å². The fourth-order valence-corrected chi connectivity index (χ4v) is 3.34. The van der Waals surface area contributed by atoms with Gasteiger partial charge in [0.05, 0.1) is 0 Å². The summed E-state index contributed by atoms with van der Waals surface area (Å²) >= 11 is -0.561. The number of hydrogen-bond donors (Lipinski definition) is 1. The minimum absolute atomic E-state index is 0.561. The van der Waals surface area contributed by atoms with Gasteiger partial charge in [0.15, 0.2) is 0 Å². The van der Waals surface area contributed by atoms with Gasteiger partial charge in [0.1, 0.15) is 0 Å². The van der Waals surface area contributed by atoms with Crippen molar-refractivity contribution in [1.29, 1.82) is 0 Å². The Morgan fingerprint density at radius 3 is 2.57 bits per heavy atom. The molecule has 1 heterocycles. The average molecular weight is 248 g/mol. The van der Waals surface area contributed by atoms with Gasteiger partial charge in [0.2, 0.25) is 0 Å². The minimum atomic E-state index is -0.770. The van der Waals surface area contributed by atoms with Crippen LogP contribution in [0.3, 0.4) is 0 Å². The summed E-state index contributed by atoms with van der Waals surface area (Å²) in [5.74, 6) is -0.770. The number of hydrogen-bond acceptors (Lipinski definition) is 1. The van der Waals surface area contributed by atoms with Crippen LogP contribution in [-0.2, 0) is 4.79 Å². The molecule has 1 aromatic rings. The van der Waals surface area contributed by atoms with E-state index in [9.17, 15) is 4.79 Å². The van der Waals surface area contributed by atoms with Crippen LogP contribution in [0.1, 0.15) is 5.56 Å². The van der Waals surface area contributed by atoms with Gasteiger partial charge in [-0.3, -0.25) is 0 Å². The number of carbonyl (C=O) groups is 1. The summed E-state index contributed by atoms with van der Waals surface area (Å²) in [5, 5.41) is 8.98. The number of benzene rings is 1. The molecule has 0 bridgehead atoms. The molecule has 0 aromatic heterocycles. The first-order valence-corrected chi connectivity index (χ1v) is 6.51. The normalized spacial score (nSPS) is 16.6. The van der Waals surface area contributed by atoms with Crippen LogP contribution in [0, 0.1) is 0 Å². The molecule has 1 aliphatic heterocycles. The van der Waals surface area contributed by atoms with Crippen LogP contribution >= 0.6 is 0 Å². The van der Waals surface area contributed by atoms with E-state index in [1.54, 1.807) is 0 Å².